The molecule has 3 amide bonds. The van der Waals surface area contributed by atoms with Crippen LogP contribution in [-0.4, -0.2) is 48.6 Å². The Bertz CT molecular complexity index is 2150. The molecule has 0 saturated carbocycles. The van der Waals surface area contributed by atoms with E-state index in [0.29, 0.717) is 16.7 Å². The lowest BCUT2D eigenvalue weighted by atomic mass is 10.1. The van der Waals surface area contributed by atoms with Gasteiger partial charge in [-0.1, -0.05) is 23.4 Å². The number of carbonyl (C=O) groups excluding carboxylic acids is 3. The zero-order valence-electron chi connectivity index (χ0n) is 23.9. The number of hydrogen-bond acceptors (Lipinski definition) is 11. The van der Waals surface area contributed by atoms with Crippen LogP contribution in [0, 0.1) is 12.7 Å². The largest absolute Gasteiger partial charge is 0.478 e. The maximum Gasteiger partial charge on any atom is 0.335 e. The van der Waals surface area contributed by atoms with Gasteiger partial charge in [0.2, 0.25) is 0 Å². The Morgan fingerprint density at radius 1 is 0.935 bits per heavy atom. The van der Waals surface area contributed by atoms with E-state index in [9.17, 15) is 38.3 Å². The summed E-state index contributed by atoms with van der Waals surface area (Å²) in [6.07, 6.45) is 0. The highest BCUT2D eigenvalue weighted by molar-refractivity contribution is 6.01. The Morgan fingerprint density at radius 2 is 1.61 bits per heavy atom. The number of primary amides is 1. The number of halogens is 1. The number of carboxylic acid groups (broad SMARTS) is 1. The van der Waals surface area contributed by atoms with E-state index in [4.69, 9.17) is 11.5 Å². The lowest BCUT2D eigenvalue weighted by molar-refractivity contribution is 0.0695. The number of aromatic nitrogens is 4. The summed E-state index contributed by atoms with van der Waals surface area (Å²) in [6.45, 7) is 1.32. The predicted molar refractivity (Wildman–Crippen MR) is 159 cm³/mol. The van der Waals surface area contributed by atoms with Gasteiger partial charge in [-0.2, -0.15) is 4.52 Å². The number of carboxylic acids is 1. The van der Waals surface area contributed by atoms with Crippen molar-refractivity contribution in [2.24, 2.45) is 5.73 Å². The van der Waals surface area contributed by atoms with Crippen LogP contribution in [0.5, 0.6) is 0 Å². The molecule has 16 nitrogen and oxygen atoms in total. The Labute approximate surface area is 256 Å². The smallest absolute Gasteiger partial charge is 0.335 e. The van der Waals surface area contributed by atoms with Crippen LogP contribution in [-0.2, 0) is 19.6 Å². The van der Waals surface area contributed by atoms with Crippen LogP contribution >= 0.6 is 0 Å². The number of fused-ring (bicyclic) bond motifs is 1. The van der Waals surface area contributed by atoms with Crippen LogP contribution in [0.3, 0.4) is 0 Å². The van der Waals surface area contributed by atoms with Gasteiger partial charge in [0.25, 0.3) is 28.6 Å². The normalized spacial score (nSPS) is 11.0. The van der Waals surface area contributed by atoms with Gasteiger partial charge < -0.3 is 32.5 Å². The molecule has 0 radical (unpaired) electrons. The molecule has 3 aromatic carbocycles. The fraction of sp³-hybridized carbons (Fsp3) is 0.138. The van der Waals surface area contributed by atoms with Crippen molar-refractivity contribution in [3.05, 3.63) is 114 Å². The molecule has 234 valence electrons. The van der Waals surface area contributed by atoms with Crippen molar-refractivity contribution in [1.29, 1.82) is 0 Å². The first kappa shape index (κ1) is 30.9. The number of nitrogens with zero attached hydrogens (tertiary/aromatic N) is 4. The Morgan fingerprint density at radius 3 is 2.26 bits per heavy atom. The highest BCUT2D eigenvalue weighted by Crippen LogP contribution is 2.17. The first-order chi connectivity index (χ1) is 21.8. The van der Waals surface area contributed by atoms with Gasteiger partial charge in [0.15, 0.2) is 11.3 Å². The molecule has 0 aliphatic carbocycles. The molecule has 17 heteroatoms. The maximum atomic E-state index is 14.4. The van der Waals surface area contributed by atoms with Crippen molar-refractivity contribution in [3.8, 4) is 0 Å². The molecule has 5 rings (SSSR count). The Hall–Kier alpha value is -6.52. The third kappa shape index (κ3) is 5.96. The third-order valence-electron chi connectivity index (χ3n) is 7.01. The van der Waals surface area contributed by atoms with Gasteiger partial charge >= 0.3 is 5.97 Å². The maximum absolute atomic E-state index is 14.4. The molecule has 2 aromatic heterocycles. The SMILES string of the molecule is Cc1cc(CNC(=O)c2cc(C(=O)NCc3ccc(F)c(CNc4c(N)c(=O)c4=O)c3)n3nnc(C(N)=O)c3n2)ccc1C(=O)O. The van der Waals surface area contributed by atoms with Gasteiger partial charge in [-0.25, -0.2) is 14.2 Å². The first-order valence-electron chi connectivity index (χ1n) is 13.4. The molecular formula is C29H24FN9O7. The first-order valence-corrected chi connectivity index (χ1v) is 13.4. The molecular weight excluding hydrogens is 605 g/mol. The van der Waals surface area contributed by atoms with Crippen molar-refractivity contribution in [2.45, 2.75) is 26.6 Å². The van der Waals surface area contributed by atoms with Crippen LogP contribution in [0.2, 0.25) is 0 Å². The van der Waals surface area contributed by atoms with Crippen molar-refractivity contribution >= 4 is 40.7 Å². The summed E-state index contributed by atoms with van der Waals surface area (Å²) >= 11 is 0. The second-order valence-electron chi connectivity index (χ2n) is 10.1. The summed E-state index contributed by atoms with van der Waals surface area (Å²) in [4.78, 5) is 76.7. The van der Waals surface area contributed by atoms with Gasteiger partial charge in [0, 0.05) is 31.3 Å². The van der Waals surface area contributed by atoms with E-state index >= 15 is 0 Å². The van der Waals surface area contributed by atoms with Crippen molar-refractivity contribution in [1.82, 2.24) is 30.4 Å². The summed E-state index contributed by atoms with van der Waals surface area (Å²) in [5.74, 6) is -4.19. The molecule has 0 aliphatic heterocycles. The minimum Gasteiger partial charge on any atom is -0.478 e. The molecule has 2 heterocycles. The van der Waals surface area contributed by atoms with Crippen molar-refractivity contribution < 1.29 is 28.7 Å². The molecule has 0 unspecified atom stereocenters. The molecule has 46 heavy (non-hydrogen) atoms. The topological polar surface area (TPSA) is 254 Å². The van der Waals surface area contributed by atoms with E-state index in [1.807, 2.05) is 0 Å². The fourth-order valence-corrected chi connectivity index (χ4v) is 4.58. The van der Waals surface area contributed by atoms with Crippen molar-refractivity contribution in [2.75, 3.05) is 11.1 Å². The van der Waals surface area contributed by atoms with E-state index in [-0.39, 0.29) is 64.9 Å². The van der Waals surface area contributed by atoms with Crippen LogP contribution in [0.1, 0.15) is 64.1 Å². The van der Waals surface area contributed by atoms with E-state index < -0.39 is 40.4 Å². The van der Waals surface area contributed by atoms with Crippen LogP contribution in [0.4, 0.5) is 15.8 Å². The molecule has 8 N–H and O–H groups in total. The minimum atomic E-state index is -1.09. The average molecular weight is 630 g/mol. The zero-order valence-corrected chi connectivity index (χ0v) is 23.9. The van der Waals surface area contributed by atoms with Crippen molar-refractivity contribution in [3.63, 3.8) is 0 Å². The number of hydrogen-bond donors (Lipinski definition) is 6. The number of rotatable bonds is 11. The standard InChI is InChI=1S/C29H24FN9O7/c1-12-6-13(2-4-16(12)29(45)46)9-34-27(43)18-8-19(39-26(36-18)22(25(32)42)37-38-39)28(44)35-10-14-3-5-17(30)15(7-14)11-33-21-20(31)23(40)24(21)41/h2-8,33H,9-11,31H2,1H3,(H2,32,42)(H,34,43)(H,35,44)(H,45,46). The van der Waals surface area contributed by atoms with E-state index in [0.717, 1.165) is 16.6 Å². The summed E-state index contributed by atoms with van der Waals surface area (Å²) in [6, 6.07) is 9.68. The number of carbonyl (C=O) groups is 4. The number of nitrogens with one attached hydrogen (secondary N) is 3. The van der Waals surface area contributed by atoms with Gasteiger partial charge in [0.05, 0.1) is 5.56 Å². The lowest BCUT2D eigenvalue weighted by Gasteiger charge is -2.12. The molecule has 0 atom stereocenters. The second-order valence-corrected chi connectivity index (χ2v) is 10.1. The van der Waals surface area contributed by atoms with Gasteiger partial charge in [-0.15, -0.1) is 5.10 Å². The number of aryl methyl sites for hydroxylation is 1. The summed E-state index contributed by atoms with van der Waals surface area (Å²) < 4.78 is 15.4. The summed E-state index contributed by atoms with van der Waals surface area (Å²) in [5, 5.41) is 24.6. The van der Waals surface area contributed by atoms with Gasteiger partial charge in [0.1, 0.15) is 28.6 Å². The Balaban J connectivity index is 1.34. The van der Waals surface area contributed by atoms with E-state index in [1.165, 1.54) is 24.3 Å². The highest BCUT2D eigenvalue weighted by Gasteiger charge is 2.23. The highest BCUT2D eigenvalue weighted by atomic mass is 19.1. The zero-order chi connectivity index (χ0) is 33.3. The Kier molecular flexibility index (Phi) is 8.22. The number of nitrogen functional groups attached to an aromatic ring is 1. The van der Waals surface area contributed by atoms with Gasteiger partial charge in [-0.05, 0) is 41.8 Å². The van der Waals surface area contributed by atoms with E-state index in [1.54, 1.807) is 13.0 Å². The molecule has 0 fully saturated rings. The molecule has 0 saturated heterocycles. The fourth-order valence-electron chi connectivity index (χ4n) is 4.58. The minimum absolute atomic E-state index is 0.00967. The number of aromatic carboxylic acids is 1. The molecule has 0 aliphatic rings. The van der Waals surface area contributed by atoms with Crippen LogP contribution in [0.25, 0.3) is 5.65 Å². The number of amides is 3. The molecule has 0 bridgehead atoms. The third-order valence-corrected chi connectivity index (χ3v) is 7.01. The molecule has 0 spiro atoms. The number of anilines is 2. The summed E-state index contributed by atoms with van der Waals surface area (Å²) in [5.41, 5.74) is 9.58. The van der Waals surface area contributed by atoms with E-state index in [2.05, 4.69) is 31.2 Å². The molecule has 5 aromatic rings. The lowest BCUT2D eigenvalue weighted by Crippen LogP contribution is -2.37. The number of nitrogens with two attached hydrogens (primary N) is 2. The second kappa shape index (κ2) is 12.2. The monoisotopic (exact) mass is 629 g/mol. The van der Waals surface area contributed by atoms with Gasteiger partial charge in [-0.3, -0.25) is 24.0 Å². The van der Waals surface area contributed by atoms with Crippen LogP contribution < -0.4 is 38.3 Å². The average Bonchev–Trinajstić information content (AvgIpc) is 3.47. The van der Waals surface area contributed by atoms with Crippen LogP contribution in [0.15, 0.2) is 52.1 Å². The number of benzene rings is 2. The quantitative estimate of drug-likeness (QED) is 0.106. The predicted octanol–water partition coefficient (Wildman–Crippen LogP) is 0.0192. The summed E-state index contributed by atoms with van der Waals surface area (Å²) in [7, 11) is 0.